The Morgan fingerprint density at radius 3 is 1.88 bits per heavy atom. The molecule has 0 aliphatic carbocycles. The zero-order valence-electron chi connectivity index (χ0n) is 8.58. The van der Waals surface area contributed by atoms with Crippen LogP contribution in [0, 0.1) is 0 Å². The van der Waals surface area contributed by atoms with Crippen LogP contribution in [-0.2, 0) is 24.4 Å². The second-order valence-electron chi connectivity index (χ2n) is 2.52. The van der Waals surface area contributed by atoms with Gasteiger partial charge in [0, 0.05) is 0 Å². The third-order valence-corrected chi connectivity index (χ3v) is 3.96. The topological polar surface area (TPSA) is 101 Å². The first-order valence-electron chi connectivity index (χ1n) is 3.64. The number of hydrogen-bond donors (Lipinski definition) is 0. The fraction of sp³-hybridized carbons (Fsp3) is 0.143. The molecule has 0 heterocycles. The van der Waals surface area contributed by atoms with Gasteiger partial charge in [-0.3, -0.25) is 4.18 Å². The zero-order valence-corrected chi connectivity index (χ0v) is 13.3. The van der Waals surface area contributed by atoms with Gasteiger partial charge in [-0.15, -0.1) is 0 Å². The molecule has 0 atom stereocenters. The first-order valence-corrected chi connectivity index (χ1v) is 6.46. The van der Waals surface area contributed by atoms with Gasteiger partial charge in [-0.1, -0.05) is 12.1 Å². The fourth-order valence-electron chi connectivity index (χ4n) is 0.953. The van der Waals surface area contributed by atoms with Crippen LogP contribution in [0.1, 0.15) is 0 Å². The summed E-state index contributed by atoms with van der Waals surface area (Å²) in [7, 11) is -8.15. The second kappa shape index (κ2) is 6.02. The monoisotopic (exact) mass is 290 g/mol. The van der Waals surface area contributed by atoms with E-state index in [1.54, 1.807) is 0 Å². The van der Waals surface area contributed by atoms with Crippen LogP contribution in [0.15, 0.2) is 34.1 Å². The van der Waals surface area contributed by atoms with Crippen LogP contribution in [0.4, 0.5) is 0 Å². The Kier molecular flexibility index (Phi) is 6.28. The van der Waals surface area contributed by atoms with E-state index < -0.39 is 30.0 Å². The van der Waals surface area contributed by atoms with Gasteiger partial charge in [-0.25, -0.2) is 8.42 Å². The molecular formula is C7H7KO6S2. The van der Waals surface area contributed by atoms with Crippen LogP contribution in [-0.4, -0.2) is 28.5 Å². The Bertz CT molecular complexity index is 562. The molecule has 0 radical (unpaired) electrons. The first kappa shape index (κ1) is 16.7. The normalized spacial score (nSPS) is 11.9. The first-order chi connectivity index (χ1) is 6.79. The summed E-state index contributed by atoms with van der Waals surface area (Å²) in [4.78, 5) is -1.46. The van der Waals surface area contributed by atoms with Gasteiger partial charge in [0.15, 0.2) is 0 Å². The maximum absolute atomic E-state index is 11.2. The predicted octanol–water partition coefficient (Wildman–Crippen LogP) is -3.07. The molecule has 0 aromatic heterocycles. The smallest absolute Gasteiger partial charge is 0.744 e. The van der Waals surface area contributed by atoms with E-state index in [2.05, 4.69) is 4.18 Å². The predicted molar refractivity (Wildman–Crippen MR) is 48.6 cm³/mol. The summed E-state index contributed by atoms with van der Waals surface area (Å²) < 4.78 is 58.8. The Morgan fingerprint density at radius 2 is 1.50 bits per heavy atom. The molecule has 0 saturated heterocycles. The molecular weight excluding hydrogens is 283 g/mol. The van der Waals surface area contributed by atoms with Gasteiger partial charge >= 0.3 is 51.4 Å². The number of benzene rings is 1. The van der Waals surface area contributed by atoms with Crippen LogP contribution >= 0.6 is 0 Å². The van der Waals surface area contributed by atoms with Gasteiger partial charge < -0.3 is 4.55 Å². The van der Waals surface area contributed by atoms with Crippen molar-refractivity contribution < 1.29 is 77.0 Å². The largest absolute Gasteiger partial charge is 1.00 e. The van der Waals surface area contributed by atoms with Gasteiger partial charge in [0.1, 0.15) is 15.0 Å². The Balaban J connectivity index is 0.00000225. The molecule has 9 heteroatoms. The zero-order chi connectivity index (χ0) is 11.7. The molecule has 1 rings (SSSR count). The van der Waals surface area contributed by atoms with E-state index >= 15 is 0 Å². The van der Waals surface area contributed by atoms with E-state index in [-0.39, 0.29) is 51.4 Å². The third kappa shape index (κ3) is 3.86. The fourth-order valence-corrected chi connectivity index (χ4v) is 2.86. The SMILES string of the molecule is COS(=O)(=O)c1ccccc1S(=O)(=O)[O-].[K+]. The van der Waals surface area contributed by atoms with Gasteiger partial charge in [-0.05, 0) is 12.1 Å². The molecule has 0 N–H and O–H groups in total. The molecule has 0 aliphatic heterocycles. The van der Waals surface area contributed by atoms with Gasteiger partial charge in [0.05, 0.1) is 12.0 Å². The van der Waals surface area contributed by atoms with Crippen molar-refractivity contribution in [2.75, 3.05) is 7.11 Å². The molecule has 1 aromatic carbocycles. The molecule has 0 amide bonds. The summed E-state index contributed by atoms with van der Waals surface area (Å²) in [5.74, 6) is 0. The Morgan fingerprint density at radius 1 is 1.06 bits per heavy atom. The van der Waals surface area contributed by atoms with E-state index in [0.717, 1.165) is 19.2 Å². The molecule has 0 bridgehead atoms. The summed E-state index contributed by atoms with van der Waals surface area (Å²) >= 11 is 0. The van der Waals surface area contributed by atoms with Crippen molar-refractivity contribution >= 4 is 20.2 Å². The molecule has 0 unspecified atom stereocenters. The van der Waals surface area contributed by atoms with Gasteiger partial charge in [0.25, 0.3) is 10.1 Å². The van der Waals surface area contributed by atoms with E-state index in [0.29, 0.717) is 0 Å². The molecule has 6 nitrogen and oxygen atoms in total. The minimum absolute atomic E-state index is 0. The maximum Gasteiger partial charge on any atom is 1.00 e. The number of rotatable bonds is 3. The maximum atomic E-state index is 11.2. The molecule has 0 spiro atoms. The molecule has 0 fully saturated rings. The van der Waals surface area contributed by atoms with Crippen molar-refractivity contribution in [1.82, 2.24) is 0 Å². The van der Waals surface area contributed by atoms with E-state index in [9.17, 15) is 21.4 Å². The average Bonchev–Trinajstić information content (AvgIpc) is 2.16. The number of hydrogen-bond acceptors (Lipinski definition) is 6. The van der Waals surface area contributed by atoms with Crippen LogP contribution in [0.3, 0.4) is 0 Å². The Labute approximate surface area is 136 Å². The van der Waals surface area contributed by atoms with Crippen LogP contribution in [0.5, 0.6) is 0 Å². The Hall–Kier alpha value is 0.676. The van der Waals surface area contributed by atoms with Crippen molar-refractivity contribution in [1.29, 1.82) is 0 Å². The summed E-state index contributed by atoms with van der Waals surface area (Å²) in [5.41, 5.74) is 0. The summed E-state index contributed by atoms with van der Waals surface area (Å²) in [6.45, 7) is 0. The summed E-state index contributed by atoms with van der Waals surface area (Å²) in [6.07, 6.45) is 0. The minimum atomic E-state index is -4.84. The van der Waals surface area contributed by atoms with Crippen molar-refractivity contribution in [3.05, 3.63) is 24.3 Å². The average molecular weight is 290 g/mol. The second-order valence-corrected chi connectivity index (χ2v) is 5.55. The molecule has 84 valence electrons. The summed E-state index contributed by atoms with van der Waals surface area (Å²) in [5, 5.41) is 0. The van der Waals surface area contributed by atoms with E-state index in [1.165, 1.54) is 12.1 Å². The summed E-state index contributed by atoms with van der Waals surface area (Å²) in [6, 6.07) is 4.44. The van der Waals surface area contributed by atoms with Crippen LogP contribution < -0.4 is 51.4 Å². The van der Waals surface area contributed by atoms with Crippen molar-refractivity contribution in [3.63, 3.8) is 0 Å². The van der Waals surface area contributed by atoms with Crippen molar-refractivity contribution in [2.45, 2.75) is 9.79 Å². The molecule has 16 heavy (non-hydrogen) atoms. The minimum Gasteiger partial charge on any atom is -0.744 e. The van der Waals surface area contributed by atoms with E-state index in [1.807, 2.05) is 0 Å². The molecule has 0 saturated carbocycles. The van der Waals surface area contributed by atoms with Crippen molar-refractivity contribution in [3.8, 4) is 0 Å². The van der Waals surface area contributed by atoms with Gasteiger partial charge in [-0.2, -0.15) is 8.42 Å². The molecule has 0 aliphatic rings. The van der Waals surface area contributed by atoms with Crippen molar-refractivity contribution in [2.24, 2.45) is 0 Å². The van der Waals surface area contributed by atoms with Crippen LogP contribution in [0.25, 0.3) is 0 Å². The standard InChI is InChI=1S/C7H8O6S2.K/c1-13-15(11,12)7-5-3-2-4-6(7)14(8,9)10;/h2-5H,1H3,(H,8,9,10);/q;+1/p-1. The third-order valence-electron chi connectivity index (χ3n) is 1.61. The van der Waals surface area contributed by atoms with E-state index in [4.69, 9.17) is 0 Å². The van der Waals surface area contributed by atoms with Gasteiger partial charge in [0.2, 0.25) is 0 Å². The van der Waals surface area contributed by atoms with Crippen LogP contribution in [0.2, 0.25) is 0 Å². The quantitative estimate of drug-likeness (QED) is 0.333. The molecule has 1 aromatic rings.